The lowest BCUT2D eigenvalue weighted by Gasteiger charge is -2.08. The van der Waals surface area contributed by atoms with Gasteiger partial charge >= 0.3 is 5.97 Å². The van der Waals surface area contributed by atoms with Crippen molar-refractivity contribution in [2.24, 2.45) is 0 Å². The first-order chi connectivity index (χ1) is 9.38. The minimum absolute atomic E-state index is 0.0708. The molecule has 0 aliphatic rings. The van der Waals surface area contributed by atoms with Crippen LogP contribution in [0.4, 0.5) is 5.69 Å². The van der Waals surface area contributed by atoms with E-state index in [-0.39, 0.29) is 16.1 Å². The third-order valence-electron chi connectivity index (χ3n) is 2.36. The molecule has 0 unspecified atom stereocenters. The van der Waals surface area contributed by atoms with E-state index in [0.29, 0.717) is 0 Å². The van der Waals surface area contributed by atoms with Gasteiger partial charge in [0.25, 0.3) is 10.0 Å². The molecule has 8 heteroatoms. The first kappa shape index (κ1) is 14.5. The number of sulfonamides is 1. The van der Waals surface area contributed by atoms with Gasteiger partial charge in [-0.25, -0.2) is 13.2 Å². The third-order valence-corrected chi connectivity index (χ3v) is 4.29. The number of benzene rings is 1. The number of hydrogen-bond acceptors (Lipinski definition) is 4. The Morgan fingerprint density at radius 1 is 1.20 bits per heavy atom. The summed E-state index contributed by atoms with van der Waals surface area (Å²) in [5, 5.41) is 8.83. The fraction of sp³-hybridized carbons (Fsp3) is 0. The highest BCUT2D eigenvalue weighted by Crippen LogP contribution is 2.18. The molecule has 2 rings (SSSR count). The van der Waals surface area contributed by atoms with Crippen molar-refractivity contribution in [3.8, 4) is 0 Å². The van der Waals surface area contributed by atoms with Crippen LogP contribution < -0.4 is 4.72 Å². The van der Waals surface area contributed by atoms with E-state index in [2.05, 4.69) is 25.6 Å². The summed E-state index contributed by atoms with van der Waals surface area (Å²) >= 11 is 3.21. The molecule has 0 aliphatic carbocycles. The Kier molecular flexibility index (Phi) is 4.05. The number of hydrogen-bond donors (Lipinski definition) is 2. The number of pyridine rings is 1. The average Bonchev–Trinajstić information content (AvgIpc) is 2.39. The van der Waals surface area contributed by atoms with Crippen molar-refractivity contribution >= 4 is 37.6 Å². The summed E-state index contributed by atoms with van der Waals surface area (Å²) in [6, 6.07) is 7.26. The molecule has 1 aromatic carbocycles. The van der Waals surface area contributed by atoms with Crippen molar-refractivity contribution in [3.63, 3.8) is 0 Å². The number of nitrogens with one attached hydrogen (secondary N) is 1. The maximum atomic E-state index is 12.1. The summed E-state index contributed by atoms with van der Waals surface area (Å²) in [6.07, 6.45) is 2.38. The topological polar surface area (TPSA) is 96.4 Å². The second-order valence-electron chi connectivity index (χ2n) is 3.83. The average molecular weight is 357 g/mol. The molecule has 0 aliphatic heterocycles. The quantitative estimate of drug-likeness (QED) is 0.876. The predicted molar refractivity (Wildman–Crippen MR) is 76.1 cm³/mol. The second-order valence-corrected chi connectivity index (χ2v) is 6.42. The van der Waals surface area contributed by atoms with Gasteiger partial charge in [-0.3, -0.25) is 9.71 Å². The van der Waals surface area contributed by atoms with Crippen LogP contribution in [0.2, 0.25) is 0 Å². The lowest BCUT2D eigenvalue weighted by molar-refractivity contribution is 0.0696. The summed E-state index contributed by atoms with van der Waals surface area (Å²) in [6.45, 7) is 0. The van der Waals surface area contributed by atoms with Gasteiger partial charge < -0.3 is 5.11 Å². The zero-order chi connectivity index (χ0) is 14.8. The van der Waals surface area contributed by atoms with Crippen molar-refractivity contribution in [2.75, 3.05) is 4.72 Å². The summed E-state index contributed by atoms with van der Waals surface area (Å²) in [4.78, 5) is 14.6. The van der Waals surface area contributed by atoms with Gasteiger partial charge in [0.1, 0.15) is 0 Å². The number of carboxylic acids is 1. The molecule has 0 fully saturated rings. The molecule has 2 aromatic rings. The van der Waals surface area contributed by atoms with E-state index >= 15 is 0 Å². The third kappa shape index (κ3) is 3.34. The molecule has 0 saturated heterocycles. The van der Waals surface area contributed by atoms with Crippen LogP contribution >= 0.6 is 15.9 Å². The normalized spacial score (nSPS) is 11.1. The lowest BCUT2D eigenvalue weighted by Crippen LogP contribution is -2.13. The largest absolute Gasteiger partial charge is 0.478 e. The highest BCUT2D eigenvalue weighted by Gasteiger charge is 2.15. The van der Waals surface area contributed by atoms with Gasteiger partial charge in [-0.1, -0.05) is 15.9 Å². The Balaban J connectivity index is 2.31. The molecule has 20 heavy (non-hydrogen) atoms. The minimum atomic E-state index is -3.78. The van der Waals surface area contributed by atoms with Gasteiger partial charge in [0.2, 0.25) is 0 Å². The summed E-state index contributed by atoms with van der Waals surface area (Å²) in [7, 11) is -3.78. The Morgan fingerprint density at radius 2 is 1.85 bits per heavy atom. The Morgan fingerprint density at radius 3 is 2.45 bits per heavy atom. The number of rotatable bonds is 4. The smallest absolute Gasteiger partial charge is 0.337 e. The van der Waals surface area contributed by atoms with Gasteiger partial charge in [-0.15, -0.1) is 0 Å². The number of aromatic nitrogens is 1. The Bertz CT molecular complexity index is 744. The van der Waals surface area contributed by atoms with Crippen LogP contribution in [0, 0.1) is 0 Å². The highest BCUT2D eigenvalue weighted by molar-refractivity contribution is 9.10. The molecule has 2 N–H and O–H groups in total. The van der Waals surface area contributed by atoms with Crippen molar-refractivity contribution < 1.29 is 18.3 Å². The number of halogens is 1. The maximum absolute atomic E-state index is 12.1. The SMILES string of the molecule is O=C(O)c1cncc(NS(=O)(=O)c2ccc(Br)cc2)c1. The number of nitrogens with zero attached hydrogens (tertiary/aromatic N) is 1. The molecule has 0 radical (unpaired) electrons. The Hall–Kier alpha value is -1.93. The molecular weight excluding hydrogens is 348 g/mol. The summed E-state index contributed by atoms with van der Waals surface area (Å²) in [5.74, 6) is -1.18. The summed E-state index contributed by atoms with van der Waals surface area (Å²) in [5.41, 5.74) is -0.00572. The summed E-state index contributed by atoms with van der Waals surface area (Å²) < 4.78 is 27.2. The van der Waals surface area contributed by atoms with E-state index in [1.54, 1.807) is 12.1 Å². The molecule has 1 heterocycles. The number of carboxylic acid groups (broad SMARTS) is 1. The van der Waals surface area contributed by atoms with Gasteiger partial charge in [0, 0.05) is 10.7 Å². The van der Waals surface area contributed by atoms with Crippen LogP contribution in [-0.4, -0.2) is 24.5 Å². The van der Waals surface area contributed by atoms with Crippen LogP contribution in [0.15, 0.2) is 52.1 Å². The number of anilines is 1. The molecule has 0 saturated carbocycles. The molecule has 1 aromatic heterocycles. The lowest BCUT2D eigenvalue weighted by atomic mass is 10.3. The van der Waals surface area contributed by atoms with Crippen LogP contribution in [0.25, 0.3) is 0 Å². The van der Waals surface area contributed by atoms with Crippen LogP contribution in [0.1, 0.15) is 10.4 Å². The van der Waals surface area contributed by atoms with Gasteiger partial charge in [0.15, 0.2) is 0 Å². The zero-order valence-electron chi connectivity index (χ0n) is 9.95. The van der Waals surface area contributed by atoms with E-state index in [1.165, 1.54) is 24.4 Å². The van der Waals surface area contributed by atoms with Crippen molar-refractivity contribution in [1.82, 2.24) is 4.98 Å². The van der Waals surface area contributed by atoms with E-state index in [0.717, 1.165) is 10.7 Å². The van der Waals surface area contributed by atoms with E-state index in [1.807, 2.05) is 0 Å². The van der Waals surface area contributed by atoms with Crippen molar-refractivity contribution in [1.29, 1.82) is 0 Å². The first-order valence-electron chi connectivity index (χ1n) is 5.35. The van der Waals surface area contributed by atoms with Gasteiger partial charge in [-0.05, 0) is 30.3 Å². The molecule has 0 atom stereocenters. The number of aromatic carboxylic acids is 1. The zero-order valence-corrected chi connectivity index (χ0v) is 12.3. The van der Waals surface area contributed by atoms with Crippen LogP contribution in [-0.2, 0) is 10.0 Å². The van der Waals surface area contributed by atoms with Crippen LogP contribution in [0.3, 0.4) is 0 Å². The van der Waals surface area contributed by atoms with E-state index in [9.17, 15) is 13.2 Å². The predicted octanol–water partition coefficient (Wildman–Crippen LogP) is 2.34. The molecule has 0 spiro atoms. The Labute approximate surface area is 123 Å². The minimum Gasteiger partial charge on any atom is -0.478 e. The van der Waals surface area contributed by atoms with Crippen LogP contribution in [0.5, 0.6) is 0 Å². The monoisotopic (exact) mass is 356 g/mol. The number of carbonyl (C=O) groups is 1. The fourth-order valence-corrected chi connectivity index (χ4v) is 2.74. The molecule has 0 bridgehead atoms. The van der Waals surface area contributed by atoms with E-state index < -0.39 is 16.0 Å². The van der Waals surface area contributed by atoms with Gasteiger partial charge in [0.05, 0.1) is 22.3 Å². The molecule has 104 valence electrons. The van der Waals surface area contributed by atoms with Gasteiger partial charge in [-0.2, -0.15) is 0 Å². The van der Waals surface area contributed by atoms with Crippen molar-refractivity contribution in [3.05, 3.63) is 52.8 Å². The molecular formula is C12H9BrN2O4S. The maximum Gasteiger partial charge on any atom is 0.337 e. The molecule has 0 amide bonds. The fourth-order valence-electron chi connectivity index (χ4n) is 1.44. The van der Waals surface area contributed by atoms with Crippen molar-refractivity contribution in [2.45, 2.75) is 4.90 Å². The van der Waals surface area contributed by atoms with E-state index in [4.69, 9.17) is 5.11 Å². The standard InChI is InChI=1S/C12H9BrN2O4S/c13-9-1-3-11(4-2-9)20(18,19)15-10-5-8(12(16)17)6-14-7-10/h1-7,15H,(H,16,17). The highest BCUT2D eigenvalue weighted by atomic mass is 79.9. The first-order valence-corrected chi connectivity index (χ1v) is 7.63. The second kappa shape index (κ2) is 5.59. The molecule has 6 nitrogen and oxygen atoms in total.